The fourth-order valence-electron chi connectivity index (χ4n) is 3.00. The number of imidazole rings is 1. The van der Waals surface area contributed by atoms with Crippen LogP contribution < -0.4 is 5.32 Å². The highest BCUT2D eigenvalue weighted by molar-refractivity contribution is 7.98. The molecule has 0 bridgehead atoms. The van der Waals surface area contributed by atoms with Crippen LogP contribution in [0.25, 0.3) is 11.0 Å². The number of nitrogens with zero attached hydrogens (tertiary/aromatic N) is 2. The lowest BCUT2D eigenvalue weighted by molar-refractivity contribution is -0.141. The van der Waals surface area contributed by atoms with E-state index in [9.17, 15) is 30.7 Å². The maximum absolute atomic E-state index is 13.8. The number of benzene rings is 2. The van der Waals surface area contributed by atoms with Crippen LogP contribution in [0, 0.1) is 5.82 Å². The zero-order valence-electron chi connectivity index (χ0n) is 16.4. The molecule has 172 valence electrons. The van der Waals surface area contributed by atoms with E-state index in [1.165, 1.54) is 6.07 Å². The highest BCUT2D eigenvalue weighted by atomic mass is 32.2. The quantitative estimate of drug-likeness (QED) is 0.232. The Morgan fingerprint density at radius 2 is 1.61 bits per heavy atom. The van der Waals surface area contributed by atoms with Gasteiger partial charge in [-0.2, -0.15) is 26.3 Å². The molecule has 0 fully saturated rings. The Bertz CT molecular complexity index is 1300. The van der Waals surface area contributed by atoms with Crippen LogP contribution >= 0.6 is 11.8 Å². The number of anilines is 2. The van der Waals surface area contributed by atoms with Crippen LogP contribution in [-0.4, -0.2) is 15.0 Å². The number of aromatic nitrogens is 3. The molecule has 0 spiro atoms. The molecule has 0 amide bonds. The molecule has 12 heteroatoms. The van der Waals surface area contributed by atoms with Crippen molar-refractivity contribution in [3.05, 3.63) is 77.6 Å². The summed E-state index contributed by atoms with van der Waals surface area (Å²) in [5.74, 6) is -0.612. The molecular weight excluding hydrogens is 473 g/mol. The van der Waals surface area contributed by atoms with E-state index < -0.39 is 29.4 Å². The van der Waals surface area contributed by atoms with Gasteiger partial charge in [-0.25, -0.2) is 9.37 Å². The molecule has 0 radical (unpaired) electrons. The summed E-state index contributed by atoms with van der Waals surface area (Å²) in [6, 6.07) is 9.87. The molecule has 0 saturated carbocycles. The molecule has 4 rings (SSSR count). The van der Waals surface area contributed by atoms with Gasteiger partial charge in [-0.1, -0.05) is 0 Å². The van der Waals surface area contributed by atoms with Gasteiger partial charge in [0.25, 0.3) is 0 Å². The van der Waals surface area contributed by atoms with Crippen LogP contribution in [0.4, 0.5) is 42.1 Å². The second-order valence-electron chi connectivity index (χ2n) is 6.90. The Labute approximate surface area is 186 Å². The lowest BCUT2D eigenvalue weighted by Crippen LogP contribution is -2.08. The highest BCUT2D eigenvalue weighted by Crippen LogP contribution is 2.34. The normalized spacial score (nSPS) is 12.3. The van der Waals surface area contributed by atoms with Gasteiger partial charge in [0.2, 0.25) is 0 Å². The molecule has 0 atom stereocenters. The fourth-order valence-corrected chi connectivity index (χ4v) is 3.79. The molecule has 2 aromatic heterocycles. The first-order chi connectivity index (χ1) is 15.5. The number of pyridine rings is 1. The minimum atomic E-state index is -4.78. The van der Waals surface area contributed by atoms with Crippen LogP contribution in [0.15, 0.2) is 59.6 Å². The third-order valence-corrected chi connectivity index (χ3v) is 5.50. The zero-order chi connectivity index (χ0) is 23.8. The Hall–Kier alpha value is -3.28. The summed E-state index contributed by atoms with van der Waals surface area (Å²) < 4.78 is 90.3. The molecule has 4 aromatic rings. The van der Waals surface area contributed by atoms with Crippen molar-refractivity contribution in [2.24, 2.45) is 0 Å². The number of hydrogen-bond acceptors (Lipinski definition) is 4. The molecule has 0 aliphatic carbocycles. The Morgan fingerprint density at radius 1 is 0.879 bits per heavy atom. The minimum Gasteiger partial charge on any atom is -0.355 e. The van der Waals surface area contributed by atoms with E-state index in [0.717, 1.165) is 36.2 Å². The van der Waals surface area contributed by atoms with E-state index in [-0.39, 0.29) is 11.4 Å². The molecule has 0 saturated heterocycles. The number of alkyl halides is 6. The lowest BCUT2D eigenvalue weighted by Gasteiger charge is -2.11. The molecule has 0 aliphatic heterocycles. The van der Waals surface area contributed by atoms with E-state index in [2.05, 4.69) is 20.3 Å². The van der Waals surface area contributed by atoms with Gasteiger partial charge in [0.1, 0.15) is 17.3 Å². The smallest absolute Gasteiger partial charge is 0.355 e. The third-order valence-electron chi connectivity index (χ3n) is 4.49. The van der Waals surface area contributed by atoms with Gasteiger partial charge in [-0.15, -0.1) is 11.8 Å². The number of thioether (sulfide) groups is 1. The van der Waals surface area contributed by atoms with Crippen molar-refractivity contribution in [3.63, 3.8) is 0 Å². The summed E-state index contributed by atoms with van der Waals surface area (Å²) in [5.41, 5.74) is -0.559. The van der Waals surface area contributed by atoms with E-state index in [4.69, 9.17) is 0 Å². The number of H-pyrrole nitrogens is 1. The average molecular weight is 486 g/mol. The number of halogens is 7. The van der Waals surface area contributed by atoms with Crippen LogP contribution in [-0.2, 0) is 18.1 Å². The monoisotopic (exact) mass is 486 g/mol. The van der Waals surface area contributed by atoms with Crippen molar-refractivity contribution in [1.29, 1.82) is 0 Å². The summed E-state index contributed by atoms with van der Waals surface area (Å²) in [7, 11) is 0. The molecule has 0 unspecified atom stereocenters. The number of hydrogen-bond donors (Lipinski definition) is 2. The Kier molecular flexibility index (Phi) is 5.95. The van der Waals surface area contributed by atoms with E-state index in [1.807, 2.05) is 0 Å². The van der Waals surface area contributed by atoms with Crippen molar-refractivity contribution in [1.82, 2.24) is 15.0 Å². The lowest BCUT2D eigenvalue weighted by atomic mass is 10.1. The second kappa shape index (κ2) is 8.58. The molecule has 2 heterocycles. The topological polar surface area (TPSA) is 53.6 Å². The summed E-state index contributed by atoms with van der Waals surface area (Å²) in [6.07, 6.45) is -8.23. The summed E-state index contributed by atoms with van der Waals surface area (Å²) in [5, 5.41) is 2.82. The third kappa shape index (κ3) is 5.38. The first-order valence-corrected chi connectivity index (χ1v) is 10.3. The first-order valence-electron chi connectivity index (χ1n) is 9.27. The Balaban J connectivity index is 1.47. The van der Waals surface area contributed by atoms with Crippen LogP contribution in [0.2, 0.25) is 0 Å². The van der Waals surface area contributed by atoms with E-state index in [1.54, 1.807) is 18.2 Å². The molecule has 0 aliphatic rings. The molecule has 2 aromatic carbocycles. The number of nitrogens with one attached hydrogen (secondary N) is 2. The average Bonchev–Trinajstić information content (AvgIpc) is 3.13. The predicted molar refractivity (Wildman–Crippen MR) is 110 cm³/mol. The number of fused-ring (bicyclic) bond motifs is 1. The summed E-state index contributed by atoms with van der Waals surface area (Å²) >= 11 is 1.15. The van der Waals surface area contributed by atoms with Crippen LogP contribution in [0.5, 0.6) is 0 Å². The molecule has 4 nitrogen and oxygen atoms in total. The maximum Gasteiger partial charge on any atom is 0.433 e. The van der Waals surface area contributed by atoms with Gasteiger partial charge >= 0.3 is 12.4 Å². The SMILES string of the molecule is Fc1cc(Nc2ccc3[nH]c(CSc4ccnc(C(F)(F)F)c4)nc3c2)ccc1C(F)(F)F. The van der Waals surface area contributed by atoms with Crippen molar-refractivity contribution in [2.75, 3.05) is 5.32 Å². The zero-order valence-corrected chi connectivity index (χ0v) is 17.2. The maximum atomic E-state index is 13.8. The van der Waals surface area contributed by atoms with Gasteiger partial charge in [-0.05, 0) is 48.5 Å². The van der Waals surface area contributed by atoms with Crippen LogP contribution in [0.3, 0.4) is 0 Å². The standard InChI is InChI=1S/C21H13F7N4S/c22-15-7-11(1-3-14(15)20(23,24)25)30-12-2-4-16-17(8-12)32-19(31-16)10-33-13-5-6-29-18(9-13)21(26,27)28/h1-9,30H,10H2,(H,31,32). The van der Waals surface area contributed by atoms with Crippen LogP contribution in [0.1, 0.15) is 17.1 Å². The number of rotatable bonds is 5. The Morgan fingerprint density at radius 3 is 2.30 bits per heavy atom. The predicted octanol–water partition coefficient (Wildman–Crippen LogP) is 7.17. The first kappa shape index (κ1) is 22.9. The summed E-state index contributed by atoms with van der Waals surface area (Å²) in [4.78, 5) is 11.1. The number of aromatic amines is 1. The van der Waals surface area contributed by atoms with Gasteiger partial charge < -0.3 is 10.3 Å². The van der Waals surface area contributed by atoms with Gasteiger partial charge in [0.15, 0.2) is 0 Å². The molecular formula is C21H13F7N4S. The highest BCUT2D eigenvalue weighted by Gasteiger charge is 2.34. The largest absolute Gasteiger partial charge is 0.433 e. The van der Waals surface area contributed by atoms with E-state index >= 15 is 0 Å². The minimum absolute atomic E-state index is 0.129. The van der Waals surface area contributed by atoms with Crippen molar-refractivity contribution >= 4 is 34.2 Å². The van der Waals surface area contributed by atoms with Crippen molar-refractivity contribution < 1.29 is 30.7 Å². The second-order valence-corrected chi connectivity index (χ2v) is 7.94. The van der Waals surface area contributed by atoms with Gasteiger partial charge in [0, 0.05) is 22.5 Å². The molecule has 2 N–H and O–H groups in total. The summed E-state index contributed by atoms with van der Waals surface area (Å²) in [6.45, 7) is 0. The molecule has 33 heavy (non-hydrogen) atoms. The van der Waals surface area contributed by atoms with E-state index in [0.29, 0.717) is 33.5 Å². The fraction of sp³-hybridized carbons (Fsp3) is 0.143. The van der Waals surface area contributed by atoms with Gasteiger partial charge in [0.05, 0.1) is 22.3 Å². The van der Waals surface area contributed by atoms with Gasteiger partial charge in [-0.3, -0.25) is 4.98 Å². The van der Waals surface area contributed by atoms with Crippen molar-refractivity contribution in [2.45, 2.75) is 23.0 Å². The van der Waals surface area contributed by atoms with Crippen molar-refractivity contribution in [3.8, 4) is 0 Å².